The molecule has 1 aromatic rings. The highest BCUT2D eigenvalue weighted by Crippen LogP contribution is 2.29. The van der Waals surface area contributed by atoms with Crippen molar-refractivity contribution in [3.63, 3.8) is 0 Å². The van der Waals surface area contributed by atoms with Crippen molar-refractivity contribution >= 4 is 37.8 Å². The molecule has 0 aliphatic heterocycles. The van der Waals surface area contributed by atoms with E-state index in [4.69, 9.17) is 9.84 Å². The van der Waals surface area contributed by atoms with Crippen LogP contribution in [0, 0.1) is 0 Å². The number of ether oxygens (including phenoxy) is 1. The van der Waals surface area contributed by atoms with Crippen LogP contribution in [0.25, 0.3) is 0 Å². The topological polar surface area (TPSA) is 64.4 Å². The molecule has 1 aromatic heterocycles. The van der Waals surface area contributed by atoms with Crippen molar-refractivity contribution in [1.29, 1.82) is 0 Å². The van der Waals surface area contributed by atoms with Crippen LogP contribution in [0.3, 0.4) is 0 Å². The number of rotatable bonds is 6. The molecule has 0 saturated carbocycles. The van der Waals surface area contributed by atoms with Crippen molar-refractivity contribution in [3.05, 3.63) is 14.8 Å². The number of halogens is 2. The highest BCUT2D eigenvalue weighted by molar-refractivity contribution is 9.11. The first-order valence-electron chi connectivity index (χ1n) is 5.23. The summed E-state index contributed by atoms with van der Waals surface area (Å²) in [4.78, 5) is 10.6. The molecule has 0 aliphatic rings. The molecule has 17 heavy (non-hydrogen) atoms. The van der Waals surface area contributed by atoms with Crippen molar-refractivity contribution in [1.82, 2.24) is 9.78 Å². The van der Waals surface area contributed by atoms with Gasteiger partial charge in [0.1, 0.15) is 15.4 Å². The van der Waals surface area contributed by atoms with Gasteiger partial charge in [-0.25, -0.2) is 4.68 Å². The van der Waals surface area contributed by atoms with Crippen molar-refractivity contribution in [3.8, 4) is 0 Å². The molecule has 1 unspecified atom stereocenters. The number of carboxylic acid groups (broad SMARTS) is 1. The molecule has 1 atom stereocenters. The van der Waals surface area contributed by atoms with E-state index in [1.165, 1.54) is 0 Å². The van der Waals surface area contributed by atoms with Crippen molar-refractivity contribution in [2.45, 2.75) is 32.9 Å². The maximum atomic E-state index is 10.6. The molecule has 0 aliphatic carbocycles. The third kappa shape index (κ3) is 3.79. The van der Waals surface area contributed by atoms with Gasteiger partial charge in [-0.05, 0) is 52.1 Å². The number of nitrogens with zero attached hydrogens (tertiary/aromatic N) is 2. The Hall–Kier alpha value is -0.400. The number of hydrogen-bond donors (Lipinski definition) is 1. The van der Waals surface area contributed by atoms with Crippen LogP contribution in [0.4, 0.5) is 0 Å². The summed E-state index contributed by atoms with van der Waals surface area (Å²) in [5.41, 5.74) is 0.846. The third-order valence-corrected chi connectivity index (χ3v) is 3.72. The Labute approximate surface area is 116 Å². The van der Waals surface area contributed by atoms with Gasteiger partial charge in [-0.15, -0.1) is 0 Å². The zero-order valence-corrected chi connectivity index (χ0v) is 12.8. The van der Waals surface area contributed by atoms with Crippen LogP contribution in [0.5, 0.6) is 0 Å². The second-order valence-electron chi connectivity index (χ2n) is 3.45. The zero-order valence-electron chi connectivity index (χ0n) is 9.61. The average molecular weight is 370 g/mol. The van der Waals surface area contributed by atoms with Gasteiger partial charge in [0.25, 0.3) is 0 Å². The lowest BCUT2D eigenvalue weighted by Crippen LogP contribution is -2.11. The molecule has 0 spiro atoms. The predicted molar refractivity (Wildman–Crippen MR) is 69.9 cm³/mol. The summed E-state index contributed by atoms with van der Waals surface area (Å²) >= 11 is 6.75. The highest BCUT2D eigenvalue weighted by Gasteiger charge is 2.18. The van der Waals surface area contributed by atoms with Gasteiger partial charge in [-0.2, -0.15) is 5.10 Å². The molecule has 1 N–H and O–H groups in total. The second-order valence-corrected chi connectivity index (χ2v) is 4.96. The maximum Gasteiger partial charge on any atom is 0.303 e. The fraction of sp³-hybridized carbons (Fsp3) is 0.600. The maximum absolute atomic E-state index is 10.6. The summed E-state index contributed by atoms with van der Waals surface area (Å²) in [6, 6.07) is 0. The molecule has 1 rings (SSSR count). The molecule has 0 bridgehead atoms. The number of carboxylic acids is 1. The van der Waals surface area contributed by atoms with Gasteiger partial charge in [0.05, 0.1) is 0 Å². The monoisotopic (exact) mass is 368 g/mol. The molecular formula is C10H14Br2N2O3. The zero-order chi connectivity index (χ0) is 13.0. The second kappa shape index (κ2) is 6.51. The van der Waals surface area contributed by atoms with Crippen LogP contribution in [-0.4, -0.2) is 27.5 Å². The molecule has 0 amide bonds. The minimum atomic E-state index is -0.825. The molecule has 1 heterocycles. The lowest BCUT2D eigenvalue weighted by molar-refractivity contribution is -0.136. The van der Waals surface area contributed by atoms with E-state index in [0.29, 0.717) is 17.6 Å². The van der Waals surface area contributed by atoms with Crippen LogP contribution in [-0.2, 0) is 16.0 Å². The van der Waals surface area contributed by atoms with E-state index in [1.54, 1.807) is 4.68 Å². The summed E-state index contributed by atoms with van der Waals surface area (Å²) in [5.74, 6) is -0.825. The van der Waals surface area contributed by atoms with Crippen LogP contribution in [0.15, 0.2) is 9.21 Å². The Morgan fingerprint density at radius 3 is 2.76 bits per heavy atom. The molecule has 5 nitrogen and oxygen atoms in total. The Morgan fingerprint density at radius 2 is 2.24 bits per heavy atom. The standard InChI is InChI=1S/C10H14Br2N2O3/c1-3-17-6(2)14-10(12)7(9(11)13-14)4-5-8(15)16/h6H,3-5H2,1-2H3,(H,15,16). The van der Waals surface area contributed by atoms with E-state index >= 15 is 0 Å². The summed E-state index contributed by atoms with van der Waals surface area (Å²) < 4.78 is 8.53. The fourth-order valence-electron chi connectivity index (χ4n) is 1.41. The minimum absolute atomic E-state index is 0.0753. The van der Waals surface area contributed by atoms with Gasteiger partial charge in [0.15, 0.2) is 0 Å². The van der Waals surface area contributed by atoms with Gasteiger partial charge >= 0.3 is 5.97 Å². The van der Waals surface area contributed by atoms with E-state index in [-0.39, 0.29) is 12.6 Å². The van der Waals surface area contributed by atoms with Gasteiger partial charge < -0.3 is 9.84 Å². The molecular weight excluding hydrogens is 356 g/mol. The predicted octanol–water partition coefficient (Wildman–Crippen LogP) is 2.98. The quantitative estimate of drug-likeness (QED) is 0.837. The van der Waals surface area contributed by atoms with Gasteiger partial charge in [-0.3, -0.25) is 4.79 Å². The number of hydrogen-bond acceptors (Lipinski definition) is 3. The molecule has 7 heteroatoms. The fourth-order valence-corrected chi connectivity index (χ4v) is 2.99. The van der Waals surface area contributed by atoms with Gasteiger partial charge in [0, 0.05) is 18.6 Å². The number of carbonyl (C=O) groups is 1. The van der Waals surface area contributed by atoms with Crippen LogP contribution >= 0.6 is 31.9 Å². The molecule has 0 fully saturated rings. The summed E-state index contributed by atoms with van der Waals surface area (Å²) in [5, 5.41) is 12.9. The Balaban J connectivity index is 2.89. The first-order chi connectivity index (χ1) is 7.97. The SMILES string of the molecule is CCOC(C)n1nc(Br)c(CCC(=O)O)c1Br. The first kappa shape index (κ1) is 14.7. The molecule has 0 aromatic carbocycles. The van der Waals surface area contributed by atoms with Gasteiger partial charge in [0.2, 0.25) is 0 Å². The number of aliphatic carboxylic acids is 1. The van der Waals surface area contributed by atoms with E-state index in [9.17, 15) is 4.79 Å². The summed E-state index contributed by atoms with van der Waals surface area (Å²) in [7, 11) is 0. The normalized spacial score (nSPS) is 12.7. The van der Waals surface area contributed by atoms with Crippen molar-refractivity contribution in [2.24, 2.45) is 0 Å². The number of aromatic nitrogens is 2. The first-order valence-corrected chi connectivity index (χ1v) is 6.81. The molecule has 96 valence electrons. The summed E-state index contributed by atoms with van der Waals surface area (Å²) in [6.07, 6.45) is 0.311. The smallest absolute Gasteiger partial charge is 0.303 e. The van der Waals surface area contributed by atoms with E-state index < -0.39 is 5.97 Å². The molecule has 0 radical (unpaired) electrons. The third-order valence-electron chi connectivity index (χ3n) is 2.24. The Kier molecular flexibility index (Phi) is 5.61. The van der Waals surface area contributed by atoms with E-state index in [2.05, 4.69) is 37.0 Å². The lowest BCUT2D eigenvalue weighted by Gasteiger charge is -2.13. The minimum Gasteiger partial charge on any atom is -0.481 e. The van der Waals surface area contributed by atoms with Crippen LogP contribution < -0.4 is 0 Å². The Morgan fingerprint density at radius 1 is 1.59 bits per heavy atom. The van der Waals surface area contributed by atoms with E-state index in [1.807, 2.05) is 13.8 Å². The lowest BCUT2D eigenvalue weighted by atomic mass is 10.2. The molecule has 0 saturated heterocycles. The van der Waals surface area contributed by atoms with Crippen molar-refractivity contribution in [2.75, 3.05) is 6.61 Å². The Bertz CT molecular complexity index is 407. The van der Waals surface area contributed by atoms with Crippen molar-refractivity contribution < 1.29 is 14.6 Å². The van der Waals surface area contributed by atoms with Gasteiger partial charge in [-0.1, -0.05) is 0 Å². The van der Waals surface area contributed by atoms with Crippen LogP contribution in [0.2, 0.25) is 0 Å². The summed E-state index contributed by atoms with van der Waals surface area (Å²) in [6.45, 7) is 4.39. The average Bonchev–Trinajstić information content (AvgIpc) is 2.52. The van der Waals surface area contributed by atoms with Crippen LogP contribution in [0.1, 0.15) is 32.1 Å². The largest absolute Gasteiger partial charge is 0.481 e. The highest BCUT2D eigenvalue weighted by atomic mass is 79.9. The van der Waals surface area contributed by atoms with E-state index in [0.717, 1.165) is 10.2 Å².